The number of carbonyl (C=O) groups is 7. The van der Waals surface area contributed by atoms with Crippen LogP contribution in [-0.4, -0.2) is 170 Å². The highest BCUT2D eigenvalue weighted by Crippen LogP contribution is 2.57. The van der Waals surface area contributed by atoms with Crippen LogP contribution in [0.15, 0.2) is 21.9 Å². The summed E-state index contributed by atoms with van der Waals surface area (Å²) in [5.74, 6) is -8.46. The number of rotatable bonds is 28. The van der Waals surface area contributed by atoms with E-state index in [0.717, 1.165) is 40.0 Å². The number of aliphatic carboxylic acids is 2. The molecule has 33 nitrogen and oxygen atoms in total. The SMILES string of the molecule is CC(=O)N[C@H]1[C@@H](OP(=O)([O-])OP(=O)([O-])OC[C@H]2O[C@@H](n3ccc(=O)[nH]c3=O)[C@H](O)[C@@H]2O)O[C@H](CO)[C@@H](O)[C@@H]1O[C@H](C)C(=O)N[C@@H](C)C(=O)N[C@H](CCC(=O)N[C@@H](CCCC[NH3+])C(=O)N[C@H](C)C(=O)[O-])C(=O)[O-]. The molecule has 2 fully saturated rings. The molecule has 2 aliphatic heterocycles. The number of hydrogen-bond acceptors (Lipinski definition) is 25. The molecule has 0 spiro atoms. The molecule has 0 bridgehead atoms. The topological polar surface area (TPSA) is 525 Å². The number of carboxylic acids is 2. The molecule has 2 saturated heterocycles. The van der Waals surface area contributed by atoms with Crippen molar-refractivity contribution in [3.63, 3.8) is 0 Å². The monoisotopic (exact) mass is 1080 g/mol. The summed E-state index contributed by atoms with van der Waals surface area (Å²) in [6.07, 6.45) is -16.6. The Hall–Kier alpha value is -5.09. The van der Waals surface area contributed by atoms with E-state index >= 15 is 0 Å². The number of phosphoric ester groups is 2. The lowest BCUT2D eigenvalue weighted by Crippen LogP contribution is -2.66. The minimum Gasteiger partial charge on any atom is -0.756 e. The molecule has 3 heterocycles. The normalized spacial score (nSPS) is 26.8. The van der Waals surface area contributed by atoms with Crippen LogP contribution < -0.4 is 63.6 Å². The minimum atomic E-state index is -6.25. The number of aromatic nitrogens is 2. The van der Waals surface area contributed by atoms with Gasteiger partial charge in [-0.25, -0.2) is 9.11 Å². The molecular weight excluding hydrogens is 1020 g/mol. The number of quaternary nitrogens is 1. The number of hydrogen-bond donors (Lipinski definition) is 11. The first-order chi connectivity index (χ1) is 33.5. The maximum Gasteiger partial charge on any atom is 0.330 e. The molecule has 1 aromatic rings. The third-order valence-corrected chi connectivity index (χ3v) is 13.1. The van der Waals surface area contributed by atoms with Gasteiger partial charge in [-0.1, -0.05) is 0 Å². The third-order valence-electron chi connectivity index (χ3n) is 10.6. The van der Waals surface area contributed by atoms with Gasteiger partial charge in [0.2, 0.25) is 29.5 Å². The number of carbonyl (C=O) groups excluding carboxylic acids is 7. The third kappa shape index (κ3) is 18.1. The van der Waals surface area contributed by atoms with Crippen molar-refractivity contribution in [1.29, 1.82) is 0 Å². The van der Waals surface area contributed by atoms with E-state index in [1.165, 1.54) is 0 Å². The summed E-state index contributed by atoms with van der Waals surface area (Å²) >= 11 is 0. The average molecular weight is 1080 g/mol. The first-order valence-electron chi connectivity index (χ1n) is 21.8. The Morgan fingerprint density at radius 3 is 2.07 bits per heavy atom. The maximum atomic E-state index is 13.3. The zero-order valence-corrected chi connectivity index (χ0v) is 40.6. The van der Waals surface area contributed by atoms with Crippen LogP contribution in [0.4, 0.5) is 0 Å². The Morgan fingerprint density at radius 1 is 0.833 bits per heavy atom. The van der Waals surface area contributed by atoms with Crippen molar-refractivity contribution < 1.29 is 116 Å². The number of phosphoric acid groups is 2. The summed E-state index contributed by atoms with van der Waals surface area (Å²) in [7, 11) is -12.3. The van der Waals surface area contributed by atoms with Gasteiger partial charge < -0.3 is 101 Å². The van der Waals surface area contributed by atoms with Crippen LogP contribution in [0.1, 0.15) is 66.0 Å². The van der Waals surface area contributed by atoms with E-state index in [9.17, 15) is 92.7 Å². The van der Waals surface area contributed by atoms with Crippen molar-refractivity contribution in [2.24, 2.45) is 0 Å². The molecule has 2 unspecified atom stereocenters. The fourth-order valence-electron chi connectivity index (χ4n) is 6.84. The van der Waals surface area contributed by atoms with Gasteiger partial charge in [-0.3, -0.25) is 52.0 Å². The predicted octanol–water partition coefficient (Wildman–Crippen LogP) is -10.8. The van der Waals surface area contributed by atoms with Crippen molar-refractivity contribution in [3.8, 4) is 0 Å². The Balaban J connectivity index is 1.66. The molecule has 35 heteroatoms. The molecule has 0 aliphatic carbocycles. The van der Waals surface area contributed by atoms with Crippen LogP contribution >= 0.6 is 15.6 Å². The minimum absolute atomic E-state index is 0.0707. The number of carboxylic acid groups (broad SMARTS) is 2. The molecule has 5 amide bonds. The lowest BCUT2D eigenvalue weighted by Gasteiger charge is -2.46. The lowest BCUT2D eigenvalue weighted by molar-refractivity contribution is -0.368. The molecule has 0 saturated carbocycles. The first-order valence-corrected chi connectivity index (χ1v) is 24.7. The van der Waals surface area contributed by atoms with E-state index < -0.39 is 180 Å². The van der Waals surface area contributed by atoms with Crippen LogP contribution in [-0.2, 0) is 70.3 Å². The number of nitrogens with one attached hydrogen (secondary N) is 6. The Bertz CT molecular complexity index is 2300. The van der Waals surface area contributed by atoms with Crippen molar-refractivity contribution in [1.82, 2.24) is 36.1 Å². The molecule has 0 radical (unpaired) electrons. The zero-order chi connectivity index (χ0) is 54.4. The maximum absolute atomic E-state index is 13.3. The fourth-order valence-corrected chi connectivity index (χ4v) is 8.92. The van der Waals surface area contributed by atoms with Gasteiger partial charge in [-0.15, -0.1) is 0 Å². The van der Waals surface area contributed by atoms with Crippen molar-refractivity contribution in [2.45, 2.75) is 145 Å². The van der Waals surface area contributed by atoms with Crippen LogP contribution in [0.5, 0.6) is 0 Å². The standard InChI is InChI=1S/C37H60N8O25P2/c1-15(30(53)43-20(35(58)59)8-9-23(48)42-19(7-5-6-11-38)32(55)40-16(2)34(56)57)39-31(54)17(3)66-29-25(41-18(4)47)36(68-21(13-46)27(29)51)69-72(63,64)70-71(61,62)65-14-22-26(50)28(52)33(67-22)45-12-10-24(49)44-37(45)60/h10,12,15-17,19-22,25-29,33,36,46,50-52H,5-9,11,13-14,38H2,1-4H3,(H,39,54)(H,40,55)(H,41,47)(H,42,48)(H,43,53)(H,56,57)(H,58,59)(H,61,62)(H,63,64)(H,44,49,60)/p-3/t15-,16+,17+,19-,20+,21+,22+,25+,26+,27+,28+,29+,33+,36+/m0/s1. The number of nitrogens with zero attached hydrogens (tertiary/aromatic N) is 1. The molecule has 1 aromatic heterocycles. The van der Waals surface area contributed by atoms with Gasteiger partial charge in [0.1, 0.15) is 60.9 Å². The quantitative estimate of drug-likeness (QED) is 0.0274. The van der Waals surface area contributed by atoms with Gasteiger partial charge in [-0.2, -0.15) is 0 Å². The molecule has 72 heavy (non-hydrogen) atoms. The van der Waals surface area contributed by atoms with Crippen LogP contribution in [0.2, 0.25) is 0 Å². The van der Waals surface area contributed by atoms with Gasteiger partial charge in [0.05, 0.1) is 43.8 Å². The number of aliphatic hydroxyl groups excluding tert-OH is 4. The number of unbranched alkanes of at least 4 members (excludes halogenated alkanes) is 1. The molecule has 2 aliphatic rings. The molecule has 13 N–H and O–H groups in total. The highest BCUT2D eigenvalue weighted by molar-refractivity contribution is 7.59. The highest BCUT2D eigenvalue weighted by atomic mass is 31.3. The van der Waals surface area contributed by atoms with E-state index in [1.54, 1.807) is 0 Å². The number of aliphatic hydroxyl groups is 4. The van der Waals surface area contributed by atoms with Gasteiger partial charge in [0.15, 0.2) is 12.5 Å². The molecule has 16 atom stereocenters. The van der Waals surface area contributed by atoms with E-state index in [1.807, 2.05) is 4.98 Å². The van der Waals surface area contributed by atoms with E-state index in [-0.39, 0.29) is 6.42 Å². The Morgan fingerprint density at radius 2 is 1.49 bits per heavy atom. The van der Waals surface area contributed by atoms with Gasteiger partial charge in [-0.05, 0) is 46.5 Å². The van der Waals surface area contributed by atoms with Gasteiger partial charge in [0.25, 0.3) is 21.2 Å². The number of H-pyrrole nitrogens is 1. The summed E-state index contributed by atoms with van der Waals surface area (Å²) in [5, 5.41) is 75.7. The second-order valence-corrected chi connectivity index (χ2v) is 19.2. The van der Waals surface area contributed by atoms with Crippen LogP contribution in [0.25, 0.3) is 0 Å². The molecule has 408 valence electrons. The van der Waals surface area contributed by atoms with Crippen molar-refractivity contribution in [2.75, 3.05) is 19.8 Å². The van der Waals surface area contributed by atoms with Crippen molar-refractivity contribution >= 4 is 57.1 Å². The Kier molecular flexibility index (Phi) is 23.2. The van der Waals surface area contributed by atoms with Crippen LogP contribution in [0.3, 0.4) is 0 Å². The zero-order valence-electron chi connectivity index (χ0n) is 38.8. The molecular formula is C37H57N8O25P2-3. The summed E-state index contributed by atoms with van der Waals surface area (Å²) in [5.41, 5.74) is 1.77. The van der Waals surface area contributed by atoms with Crippen molar-refractivity contribution in [3.05, 3.63) is 33.1 Å². The predicted molar refractivity (Wildman–Crippen MR) is 224 cm³/mol. The summed E-state index contributed by atoms with van der Waals surface area (Å²) in [6.45, 7) is 2.26. The number of aromatic amines is 1. The van der Waals surface area contributed by atoms with E-state index in [4.69, 9.17) is 18.7 Å². The first kappa shape index (κ1) is 61.2. The van der Waals surface area contributed by atoms with E-state index in [0.29, 0.717) is 24.0 Å². The fraction of sp³-hybridized carbons (Fsp3) is 0.703. The Labute approximate surface area is 407 Å². The largest absolute Gasteiger partial charge is 0.756 e. The average Bonchev–Trinajstić information content (AvgIpc) is 3.56. The van der Waals surface area contributed by atoms with Gasteiger partial charge >= 0.3 is 5.69 Å². The second-order valence-electron chi connectivity index (χ2n) is 16.3. The molecule has 0 aromatic carbocycles. The van der Waals surface area contributed by atoms with E-state index in [2.05, 4.69) is 41.2 Å². The summed E-state index contributed by atoms with van der Waals surface area (Å²) < 4.78 is 55.9. The molecule has 3 rings (SSSR count). The number of ether oxygens (including phenoxy) is 3. The summed E-state index contributed by atoms with van der Waals surface area (Å²) in [6, 6.07) is -7.18. The highest BCUT2D eigenvalue weighted by Gasteiger charge is 2.50. The van der Waals surface area contributed by atoms with Gasteiger partial charge in [0, 0.05) is 25.6 Å². The second kappa shape index (κ2) is 27.3. The van der Waals surface area contributed by atoms with Crippen LogP contribution in [0, 0.1) is 0 Å². The summed E-state index contributed by atoms with van der Waals surface area (Å²) in [4.78, 5) is 138. The smallest absolute Gasteiger partial charge is 0.330 e. The number of amides is 5. The lowest BCUT2D eigenvalue weighted by atomic mass is 9.96.